The lowest BCUT2D eigenvalue weighted by atomic mass is 10.1. The van der Waals surface area contributed by atoms with Crippen LogP contribution in [0.3, 0.4) is 0 Å². The first kappa shape index (κ1) is 16.0. The molecule has 0 aromatic heterocycles. The Kier molecular flexibility index (Phi) is 5.55. The van der Waals surface area contributed by atoms with Gasteiger partial charge < -0.3 is 9.64 Å². The third-order valence-electron chi connectivity index (χ3n) is 3.71. The number of ether oxygens (including phenoxy) is 1. The molecule has 22 heavy (non-hydrogen) atoms. The van der Waals surface area contributed by atoms with E-state index in [1.54, 1.807) is 17.5 Å². The summed E-state index contributed by atoms with van der Waals surface area (Å²) in [7, 11) is 1.63. The van der Waals surface area contributed by atoms with Gasteiger partial charge in [-0.3, -0.25) is 14.8 Å². The molecule has 0 saturated carbocycles. The molecule has 118 valence electrons. The molecule has 6 nitrogen and oxygen atoms in total. The fourth-order valence-corrected chi connectivity index (χ4v) is 2.46. The number of hydrogen-bond acceptors (Lipinski definition) is 4. The van der Waals surface area contributed by atoms with E-state index < -0.39 is 5.91 Å². The number of benzene rings is 1. The van der Waals surface area contributed by atoms with Crippen LogP contribution in [0.15, 0.2) is 35.9 Å². The normalized spacial score (nSPS) is 14.0. The summed E-state index contributed by atoms with van der Waals surface area (Å²) in [5, 5.41) is 8.46. The van der Waals surface area contributed by atoms with Crippen LogP contribution >= 0.6 is 0 Å². The van der Waals surface area contributed by atoms with Crippen LogP contribution in [0, 0.1) is 0 Å². The molecule has 1 heterocycles. The Morgan fingerprint density at radius 3 is 2.86 bits per heavy atom. The van der Waals surface area contributed by atoms with Crippen LogP contribution in [0.2, 0.25) is 0 Å². The molecule has 0 unspecified atom stereocenters. The highest BCUT2D eigenvalue weighted by atomic mass is 16.5. The summed E-state index contributed by atoms with van der Waals surface area (Å²) in [6, 6.07) is 7.74. The van der Waals surface area contributed by atoms with Crippen molar-refractivity contribution in [3.63, 3.8) is 0 Å². The minimum absolute atomic E-state index is 0.0411. The van der Waals surface area contributed by atoms with Crippen molar-refractivity contribution in [3.8, 4) is 5.75 Å². The Bertz CT molecular complexity index is 583. The molecule has 1 aromatic carbocycles. The highest BCUT2D eigenvalue weighted by molar-refractivity contribution is 5.96. The second-order valence-corrected chi connectivity index (χ2v) is 5.08. The van der Waals surface area contributed by atoms with Gasteiger partial charge in [-0.2, -0.15) is 0 Å². The molecule has 1 aliphatic rings. The van der Waals surface area contributed by atoms with Gasteiger partial charge in [-0.05, 0) is 24.5 Å². The Morgan fingerprint density at radius 2 is 2.14 bits per heavy atom. The van der Waals surface area contributed by atoms with Crippen molar-refractivity contribution in [1.29, 1.82) is 0 Å². The third kappa shape index (κ3) is 3.85. The molecule has 1 aromatic rings. The molecule has 6 heteroatoms. The highest BCUT2D eigenvalue weighted by Crippen LogP contribution is 2.20. The van der Waals surface area contributed by atoms with Gasteiger partial charge in [-0.25, -0.2) is 5.48 Å². The van der Waals surface area contributed by atoms with Crippen molar-refractivity contribution in [2.24, 2.45) is 0 Å². The van der Waals surface area contributed by atoms with Crippen LogP contribution in [0.25, 0.3) is 0 Å². The number of para-hydroxylation sites is 1. The fourth-order valence-electron chi connectivity index (χ4n) is 2.46. The summed E-state index contributed by atoms with van der Waals surface area (Å²) in [6.45, 7) is 1.16. The maximum absolute atomic E-state index is 12.2. The zero-order valence-corrected chi connectivity index (χ0v) is 12.5. The summed E-state index contributed by atoms with van der Waals surface area (Å²) in [6.07, 6.45) is 3.01. The van der Waals surface area contributed by atoms with Crippen LogP contribution in [-0.4, -0.2) is 42.1 Å². The van der Waals surface area contributed by atoms with E-state index in [2.05, 4.69) is 0 Å². The largest absolute Gasteiger partial charge is 0.496 e. The minimum atomic E-state index is -0.485. The van der Waals surface area contributed by atoms with Gasteiger partial charge in [-0.1, -0.05) is 24.3 Å². The predicted molar refractivity (Wildman–Crippen MR) is 80.5 cm³/mol. The Hall–Kier alpha value is -2.34. The summed E-state index contributed by atoms with van der Waals surface area (Å²) >= 11 is 0. The Morgan fingerprint density at radius 1 is 1.36 bits per heavy atom. The van der Waals surface area contributed by atoms with E-state index in [0.29, 0.717) is 31.5 Å². The second kappa shape index (κ2) is 7.61. The number of hydrogen-bond donors (Lipinski definition) is 2. The number of rotatable bonds is 7. The molecule has 0 fully saturated rings. The number of nitrogens with one attached hydrogen (secondary N) is 1. The minimum Gasteiger partial charge on any atom is -0.496 e. The molecule has 0 atom stereocenters. The van der Waals surface area contributed by atoms with Crippen molar-refractivity contribution in [2.45, 2.75) is 19.3 Å². The van der Waals surface area contributed by atoms with Crippen molar-refractivity contribution >= 4 is 11.8 Å². The molecule has 0 radical (unpaired) electrons. The van der Waals surface area contributed by atoms with Crippen molar-refractivity contribution in [3.05, 3.63) is 41.5 Å². The molecule has 2 amide bonds. The van der Waals surface area contributed by atoms with Crippen LogP contribution in [0.1, 0.15) is 18.4 Å². The van der Waals surface area contributed by atoms with Crippen molar-refractivity contribution in [1.82, 2.24) is 10.4 Å². The maximum Gasteiger partial charge on any atom is 0.249 e. The lowest BCUT2D eigenvalue weighted by molar-refractivity contribution is -0.129. The van der Waals surface area contributed by atoms with E-state index in [0.717, 1.165) is 11.3 Å². The number of carbonyl (C=O) groups excluding carboxylic acids is 2. The topological polar surface area (TPSA) is 78.9 Å². The summed E-state index contributed by atoms with van der Waals surface area (Å²) in [5.74, 6) is 0.295. The predicted octanol–water partition coefficient (Wildman–Crippen LogP) is 1.29. The molecule has 1 aliphatic heterocycles. The Balaban J connectivity index is 1.86. The molecule has 2 N–H and O–H groups in total. The first-order chi connectivity index (χ1) is 10.7. The number of methoxy groups -OCH3 is 1. The second-order valence-electron chi connectivity index (χ2n) is 5.08. The summed E-state index contributed by atoms with van der Waals surface area (Å²) in [4.78, 5) is 25.0. The average molecular weight is 304 g/mol. The van der Waals surface area contributed by atoms with Gasteiger partial charge in [0.2, 0.25) is 11.8 Å². The van der Waals surface area contributed by atoms with Crippen LogP contribution in [0.4, 0.5) is 0 Å². The molecule has 2 rings (SSSR count). The molecular formula is C16H20N2O4. The highest BCUT2D eigenvalue weighted by Gasteiger charge is 2.23. The van der Waals surface area contributed by atoms with Gasteiger partial charge in [-0.15, -0.1) is 0 Å². The van der Waals surface area contributed by atoms with E-state index >= 15 is 0 Å². The van der Waals surface area contributed by atoms with Crippen LogP contribution < -0.4 is 10.2 Å². The van der Waals surface area contributed by atoms with E-state index in [-0.39, 0.29) is 12.3 Å². The molecule has 0 bridgehead atoms. The van der Waals surface area contributed by atoms with Gasteiger partial charge in [0.05, 0.1) is 7.11 Å². The number of nitrogens with zero attached hydrogens (tertiary/aromatic N) is 1. The van der Waals surface area contributed by atoms with Gasteiger partial charge in [0.25, 0.3) is 0 Å². The standard InChI is InChI=1S/C16H20N2O4/c1-22-14-5-3-2-4-12(14)8-10-18-11-9-13(16(18)20)6-7-15(19)17-21/h2-5,9,21H,6-8,10-11H2,1H3,(H,17,19). The fraction of sp³-hybridized carbons (Fsp3) is 0.375. The maximum atomic E-state index is 12.2. The van der Waals surface area contributed by atoms with Crippen molar-refractivity contribution in [2.75, 3.05) is 20.2 Å². The first-order valence-electron chi connectivity index (χ1n) is 7.19. The number of hydroxylamine groups is 1. The van der Waals surface area contributed by atoms with E-state index in [1.165, 1.54) is 0 Å². The third-order valence-corrected chi connectivity index (χ3v) is 3.71. The van der Waals surface area contributed by atoms with E-state index in [4.69, 9.17) is 9.94 Å². The smallest absolute Gasteiger partial charge is 0.249 e. The quantitative estimate of drug-likeness (QED) is 0.588. The van der Waals surface area contributed by atoms with Crippen LogP contribution in [0.5, 0.6) is 5.75 Å². The molecule has 0 spiro atoms. The zero-order chi connectivity index (χ0) is 15.9. The summed E-state index contributed by atoms with van der Waals surface area (Å²) < 4.78 is 5.30. The monoisotopic (exact) mass is 304 g/mol. The van der Waals surface area contributed by atoms with Gasteiger partial charge >= 0.3 is 0 Å². The van der Waals surface area contributed by atoms with E-state index in [9.17, 15) is 9.59 Å². The van der Waals surface area contributed by atoms with Crippen molar-refractivity contribution < 1.29 is 19.5 Å². The number of amides is 2. The Labute approximate surface area is 129 Å². The van der Waals surface area contributed by atoms with E-state index in [1.807, 2.05) is 30.3 Å². The SMILES string of the molecule is COc1ccccc1CCN1CC=C(CCC(=O)NO)C1=O. The number of carbonyl (C=O) groups is 2. The first-order valence-corrected chi connectivity index (χ1v) is 7.19. The average Bonchev–Trinajstić information content (AvgIpc) is 2.91. The van der Waals surface area contributed by atoms with Crippen LogP contribution in [-0.2, 0) is 16.0 Å². The molecule has 0 aliphatic carbocycles. The lowest BCUT2D eigenvalue weighted by Crippen LogP contribution is -2.29. The summed E-state index contributed by atoms with van der Waals surface area (Å²) in [5.41, 5.74) is 3.26. The molecular weight excluding hydrogens is 284 g/mol. The van der Waals surface area contributed by atoms with Gasteiger partial charge in [0.15, 0.2) is 0 Å². The van der Waals surface area contributed by atoms with Gasteiger partial charge in [0, 0.05) is 25.1 Å². The molecule has 0 saturated heterocycles. The zero-order valence-electron chi connectivity index (χ0n) is 12.5. The lowest BCUT2D eigenvalue weighted by Gasteiger charge is -2.17. The van der Waals surface area contributed by atoms with Gasteiger partial charge in [0.1, 0.15) is 5.75 Å².